The molecule has 2 heterocycles. The van der Waals surface area contributed by atoms with Crippen molar-refractivity contribution in [3.05, 3.63) is 41.2 Å². The molecule has 2 aromatic rings. The lowest BCUT2D eigenvalue weighted by Gasteiger charge is -2.21. The molecule has 0 bridgehead atoms. The number of hydrogen-bond donors (Lipinski definition) is 1. The quantitative estimate of drug-likeness (QED) is 0.928. The minimum Gasteiger partial charge on any atom is -0.342 e. The van der Waals surface area contributed by atoms with Gasteiger partial charge in [0.2, 0.25) is 0 Å². The molecule has 9 heteroatoms. The number of aryl methyl sites for hydroxylation is 2. The predicted molar refractivity (Wildman–Crippen MR) is 80.0 cm³/mol. The van der Waals surface area contributed by atoms with Gasteiger partial charge >= 0.3 is 6.18 Å². The molecule has 0 aliphatic rings. The summed E-state index contributed by atoms with van der Waals surface area (Å²) in [6, 6.07) is 0.756. The van der Waals surface area contributed by atoms with E-state index in [0.717, 1.165) is 6.20 Å². The van der Waals surface area contributed by atoms with Crippen LogP contribution in [0.3, 0.4) is 0 Å². The molecule has 6 nitrogen and oxygen atoms in total. The van der Waals surface area contributed by atoms with E-state index in [1.54, 1.807) is 11.6 Å². The first-order valence-corrected chi connectivity index (χ1v) is 7.30. The maximum absolute atomic E-state index is 12.7. The van der Waals surface area contributed by atoms with E-state index in [1.807, 2.05) is 13.8 Å². The van der Waals surface area contributed by atoms with Crippen LogP contribution in [0.5, 0.6) is 0 Å². The SMILES string of the molecule is Cc1cc(C(=O)NC(c2nncn2C)C(C)C)cnc1C(F)(F)F. The summed E-state index contributed by atoms with van der Waals surface area (Å²) in [5.74, 6) is 0.0660. The second-order valence-corrected chi connectivity index (χ2v) is 5.88. The van der Waals surface area contributed by atoms with Crippen LogP contribution in [0.15, 0.2) is 18.6 Å². The van der Waals surface area contributed by atoms with Gasteiger partial charge in [0, 0.05) is 13.2 Å². The fourth-order valence-corrected chi connectivity index (χ4v) is 2.32. The van der Waals surface area contributed by atoms with Crippen LogP contribution in [0.4, 0.5) is 13.2 Å². The summed E-state index contributed by atoms with van der Waals surface area (Å²) in [5.41, 5.74) is -1.03. The summed E-state index contributed by atoms with van der Waals surface area (Å²) < 4.78 is 39.9. The third-order valence-electron chi connectivity index (χ3n) is 3.59. The van der Waals surface area contributed by atoms with Crippen LogP contribution in [0.2, 0.25) is 0 Å². The number of amides is 1. The van der Waals surface area contributed by atoms with Gasteiger partial charge in [-0.15, -0.1) is 10.2 Å². The molecule has 0 aliphatic heterocycles. The van der Waals surface area contributed by atoms with E-state index in [9.17, 15) is 18.0 Å². The highest BCUT2D eigenvalue weighted by Crippen LogP contribution is 2.30. The first kappa shape index (κ1) is 17.9. The van der Waals surface area contributed by atoms with E-state index >= 15 is 0 Å². The molecule has 0 fully saturated rings. The lowest BCUT2D eigenvalue weighted by Crippen LogP contribution is -2.33. The van der Waals surface area contributed by atoms with Crippen molar-refractivity contribution in [2.24, 2.45) is 13.0 Å². The van der Waals surface area contributed by atoms with Gasteiger partial charge in [-0.25, -0.2) is 0 Å². The van der Waals surface area contributed by atoms with Crippen molar-refractivity contribution in [2.45, 2.75) is 33.0 Å². The molecule has 130 valence electrons. The number of carbonyl (C=O) groups is 1. The molecule has 1 atom stereocenters. The molecular formula is C15H18F3N5O. The molecule has 0 saturated heterocycles. The maximum Gasteiger partial charge on any atom is 0.433 e. The molecule has 1 N–H and O–H groups in total. The third-order valence-corrected chi connectivity index (χ3v) is 3.59. The smallest absolute Gasteiger partial charge is 0.342 e. The van der Waals surface area contributed by atoms with Crippen LogP contribution < -0.4 is 5.32 Å². The van der Waals surface area contributed by atoms with Gasteiger partial charge in [-0.3, -0.25) is 9.78 Å². The molecule has 1 amide bonds. The number of hydrogen-bond acceptors (Lipinski definition) is 4. The summed E-state index contributed by atoms with van der Waals surface area (Å²) in [6.45, 7) is 5.07. The fourth-order valence-electron chi connectivity index (χ4n) is 2.32. The zero-order valence-corrected chi connectivity index (χ0v) is 13.7. The summed E-state index contributed by atoms with van der Waals surface area (Å²) in [5, 5.41) is 10.5. The number of alkyl halides is 3. The topological polar surface area (TPSA) is 72.7 Å². The molecule has 2 rings (SSSR count). The monoisotopic (exact) mass is 341 g/mol. The second-order valence-electron chi connectivity index (χ2n) is 5.88. The number of aromatic nitrogens is 4. The van der Waals surface area contributed by atoms with Crippen molar-refractivity contribution in [2.75, 3.05) is 0 Å². The van der Waals surface area contributed by atoms with Gasteiger partial charge in [0.25, 0.3) is 5.91 Å². The largest absolute Gasteiger partial charge is 0.433 e. The Kier molecular flexibility index (Phi) is 4.91. The van der Waals surface area contributed by atoms with Crippen LogP contribution in [0.25, 0.3) is 0 Å². The predicted octanol–water partition coefficient (Wildman–Crippen LogP) is 2.66. The van der Waals surface area contributed by atoms with Gasteiger partial charge in [0.15, 0.2) is 5.82 Å². The van der Waals surface area contributed by atoms with Gasteiger partial charge in [-0.05, 0) is 24.5 Å². The molecule has 0 aromatic carbocycles. The zero-order chi connectivity index (χ0) is 18.1. The second kappa shape index (κ2) is 6.58. The Labute approximate surface area is 137 Å². The Morgan fingerprint density at radius 2 is 2.00 bits per heavy atom. The first-order valence-electron chi connectivity index (χ1n) is 7.30. The van der Waals surface area contributed by atoms with Gasteiger partial charge in [0.05, 0.1) is 11.6 Å². The first-order chi connectivity index (χ1) is 11.1. The highest BCUT2D eigenvalue weighted by atomic mass is 19.4. The van der Waals surface area contributed by atoms with E-state index in [0.29, 0.717) is 5.82 Å². The average molecular weight is 341 g/mol. The van der Waals surface area contributed by atoms with Crippen LogP contribution in [-0.4, -0.2) is 25.7 Å². The van der Waals surface area contributed by atoms with Crippen molar-refractivity contribution in [1.82, 2.24) is 25.1 Å². The summed E-state index contributed by atoms with van der Waals surface area (Å²) >= 11 is 0. The molecular weight excluding hydrogens is 323 g/mol. The van der Waals surface area contributed by atoms with Gasteiger partial charge in [-0.1, -0.05) is 13.8 Å². The summed E-state index contributed by atoms with van der Waals surface area (Å²) in [6.07, 6.45) is -2.10. The summed E-state index contributed by atoms with van der Waals surface area (Å²) in [7, 11) is 1.75. The fraction of sp³-hybridized carbons (Fsp3) is 0.467. The van der Waals surface area contributed by atoms with E-state index < -0.39 is 23.8 Å². The van der Waals surface area contributed by atoms with Gasteiger partial charge in [-0.2, -0.15) is 13.2 Å². The van der Waals surface area contributed by atoms with Crippen LogP contribution >= 0.6 is 0 Å². The summed E-state index contributed by atoms with van der Waals surface area (Å²) in [4.78, 5) is 15.8. The Balaban J connectivity index is 2.25. The Morgan fingerprint density at radius 3 is 2.46 bits per heavy atom. The number of pyridine rings is 1. The number of carbonyl (C=O) groups excluding carboxylic acids is 1. The van der Waals surface area contributed by atoms with Crippen LogP contribution in [0.1, 0.15) is 47.3 Å². The van der Waals surface area contributed by atoms with E-state index in [2.05, 4.69) is 20.5 Å². The minimum atomic E-state index is -4.54. The van der Waals surface area contributed by atoms with Crippen molar-refractivity contribution < 1.29 is 18.0 Å². The lowest BCUT2D eigenvalue weighted by molar-refractivity contribution is -0.141. The standard InChI is InChI=1S/C15H18F3N5O/c1-8(2)11(13-22-20-7-23(13)4)21-14(24)10-5-9(3)12(19-6-10)15(16,17)18/h5-8,11H,1-4H3,(H,21,24). The third kappa shape index (κ3) is 3.72. The normalized spacial score (nSPS) is 13.2. The molecule has 0 saturated carbocycles. The van der Waals surface area contributed by atoms with E-state index in [1.165, 1.54) is 19.3 Å². The Hall–Kier alpha value is -2.45. The molecule has 2 aromatic heterocycles. The Bertz CT molecular complexity index is 739. The molecule has 0 aliphatic carbocycles. The average Bonchev–Trinajstić information content (AvgIpc) is 2.88. The van der Waals surface area contributed by atoms with Gasteiger partial charge < -0.3 is 9.88 Å². The molecule has 1 unspecified atom stereocenters. The molecule has 0 radical (unpaired) electrons. The highest BCUT2D eigenvalue weighted by Gasteiger charge is 2.34. The highest BCUT2D eigenvalue weighted by molar-refractivity contribution is 5.94. The number of rotatable bonds is 4. The minimum absolute atomic E-state index is 0.0142. The van der Waals surface area contributed by atoms with Crippen molar-refractivity contribution in [3.8, 4) is 0 Å². The van der Waals surface area contributed by atoms with Crippen molar-refractivity contribution in [3.63, 3.8) is 0 Å². The van der Waals surface area contributed by atoms with Crippen molar-refractivity contribution >= 4 is 5.91 Å². The van der Waals surface area contributed by atoms with E-state index in [4.69, 9.17) is 0 Å². The van der Waals surface area contributed by atoms with Gasteiger partial charge in [0.1, 0.15) is 12.0 Å². The number of nitrogens with one attached hydrogen (secondary N) is 1. The van der Waals surface area contributed by atoms with E-state index in [-0.39, 0.29) is 17.0 Å². The van der Waals surface area contributed by atoms with Crippen LogP contribution in [0, 0.1) is 12.8 Å². The molecule has 24 heavy (non-hydrogen) atoms. The lowest BCUT2D eigenvalue weighted by atomic mass is 10.0. The Morgan fingerprint density at radius 1 is 1.33 bits per heavy atom. The number of nitrogens with zero attached hydrogens (tertiary/aromatic N) is 4. The number of halogens is 3. The zero-order valence-electron chi connectivity index (χ0n) is 13.7. The molecule has 0 spiro atoms. The maximum atomic E-state index is 12.7. The van der Waals surface area contributed by atoms with Crippen LogP contribution in [-0.2, 0) is 13.2 Å². The van der Waals surface area contributed by atoms with Crippen molar-refractivity contribution in [1.29, 1.82) is 0 Å².